The number of halogens is 2. The van der Waals surface area contributed by atoms with Crippen molar-refractivity contribution in [2.45, 2.75) is 30.1 Å². The molecule has 1 N–H and O–H groups in total. The molecule has 2 aromatic rings. The fourth-order valence-electron chi connectivity index (χ4n) is 2.04. The smallest absolute Gasteiger partial charge is 0.319 e. The van der Waals surface area contributed by atoms with E-state index in [9.17, 15) is 28.5 Å². The van der Waals surface area contributed by atoms with E-state index in [0.717, 1.165) is 23.9 Å². The molecule has 0 unspecified atom stereocenters. The second kappa shape index (κ2) is 9.27. The van der Waals surface area contributed by atoms with Crippen molar-refractivity contribution in [2.24, 2.45) is 0 Å². The van der Waals surface area contributed by atoms with Gasteiger partial charge in [-0.3, -0.25) is 19.7 Å². The normalized spacial score (nSPS) is 12.7. The molecule has 0 heterocycles. The Hall–Kier alpha value is -3.01. The Morgan fingerprint density at radius 2 is 1.75 bits per heavy atom. The van der Waals surface area contributed by atoms with Gasteiger partial charge in [0.15, 0.2) is 17.7 Å². The van der Waals surface area contributed by atoms with Crippen LogP contribution < -0.4 is 5.32 Å². The number of anilines is 1. The quantitative estimate of drug-likeness (QED) is 0.321. The molecule has 0 aliphatic carbocycles. The number of hydrogen-bond donors (Lipinski definition) is 1. The summed E-state index contributed by atoms with van der Waals surface area (Å²) in [7, 11) is 0. The van der Waals surface area contributed by atoms with Crippen LogP contribution >= 0.6 is 11.8 Å². The minimum absolute atomic E-state index is 0.0279. The SMILES string of the molecule is C[C@H](OC(=O)[C@H](C)Sc1ccc([N+](=O)[O-])cc1)C(=O)Nc1ccc(F)c(F)c1. The maximum atomic E-state index is 13.2. The molecule has 7 nitrogen and oxygen atoms in total. The average molecular weight is 410 g/mol. The van der Waals surface area contributed by atoms with Gasteiger partial charge in [-0.05, 0) is 38.1 Å². The Balaban J connectivity index is 1.90. The molecule has 2 rings (SSSR count). The molecule has 10 heteroatoms. The van der Waals surface area contributed by atoms with Gasteiger partial charge in [0, 0.05) is 28.8 Å². The van der Waals surface area contributed by atoms with Crippen LogP contribution in [0.2, 0.25) is 0 Å². The number of rotatable bonds is 7. The molecule has 0 saturated heterocycles. The van der Waals surface area contributed by atoms with E-state index in [1.54, 1.807) is 6.92 Å². The van der Waals surface area contributed by atoms with Gasteiger partial charge in [0.05, 0.1) is 4.92 Å². The van der Waals surface area contributed by atoms with Crippen molar-refractivity contribution in [1.82, 2.24) is 0 Å². The molecular formula is C18H16F2N2O5S. The summed E-state index contributed by atoms with van der Waals surface area (Å²) in [5.41, 5.74) is -0.0396. The number of nitrogens with one attached hydrogen (secondary N) is 1. The fraction of sp³-hybridized carbons (Fsp3) is 0.222. The van der Waals surface area contributed by atoms with Crippen molar-refractivity contribution in [3.63, 3.8) is 0 Å². The molecule has 0 radical (unpaired) electrons. The number of carbonyl (C=O) groups is 2. The van der Waals surface area contributed by atoms with Gasteiger partial charge in [0.1, 0.15) is 5.25 Å². The van der Waals surface area contributed by atoms with E-state index in [2.05, 4.69) is 5.32 Å². The zero-order valence-electron chi connectivity index (χ0n) is 14.8. The van der Waals surface area contributed by atoms with Gasteiger partial charge in [-0.1, -0.05) is 0 Å². The number of nitro groups is 1. The Bertz CT molecular complexity index is 892. The lowest BCUT2D eigenvalue weighted by Gasteiger charge is -2.16. The largest absolute Gasteiger partial charge is 0.452 e. The van der Waals surface area contributed by atoms with Crippen LogP contribution in [0.15, 0.2) is 47.4 Å². The second-order valence-corrected chi connectivity index (χ2v) is 7.12. The maximum Gasteiger partial charge on any atom is 0.319 e. The number of non-ortho nitro benzene ring substituents is 1. The highest BCUT2D eigenvalue weighted by molar-refractivity contribution is 8.00. The maximum absolute atomic E-state index is 13.2. The third-order valence-electron chi connectivity index (χ3n) is 3.54. The standard InChI is InChI=1S/C18H16F2N2O5S/c1-10(17(23)21-12-3-8-15(19)16(20)9-12)27-18(24)11(2)28-14-6-4-13(5-7-14)22(25)26/h3-11H,1-2H3,(H,21,23)/t10-,11-/m0/s1. The Labute approximate surface area is 163 Å². The number of carbonyl (C=O) groups excluding carboxylic acids is 2. The molecular weight excluding hydrogens is 394 g/mol. The summed E-state index contributed by atoms with van der Waals surface area (Å²) >= 11 is 1.11. The van der Waals surface area contributed by atoms with E-state index < -0.39 is 39.8 Å². The van der Waals surface area contributed by atoms with Crippen LogP contribution in [-0.4, -0.2) is 28.2 Å². The van der Waals surface area contributed by atoms with Crippen molar-refractivity contribution in [3.8, 4) is 0 Å². The first-order valence-corrected chi connectivity index (χ1v) is 8.93. The van der Waals surface area contributed by atoms with Crippen molar-refractivity contribution in [2.75, 3.05) is 5.32 Å². The summed E-state index contributed by atoms with van der Waals surface area (Å²) in [6.45, 7) is 2.91. The highest BCUT2D eigenvalue weighted by atomic mass is 32.2. The molecule has 0 saturated carbocycles. The van der Waals surface area contributed by atoms with Gasteiger partial charge in [-0.2, -0.15) is 0 Å². The minimum atomic E-state index is -1.17. The molecule has 2 atom stereocenters. The first-order chi connectivity index (χ1) is 13.2. The zero-order chi connectivity index (χ0) is 20.8. The number of esters is 1. The average Bonchev–Trinajstić information content (AvgIpc) is 2.65. The van der Waals surface area contributed by atoms with Gasteiger partial charge >= 0.3 is 5.97 Å². The predicted octanol–water partition coefficient (Wildman–Crippen LogP) is 3.92. The molecule has 0 aliphatic rings. The first kappa shape index (κ1) is 21.3. The van der Waals surface area contributed by atoms with Gasteiger partial charge < -0.3 is 10.1 Å². The molecule has 0 bridgehead atoms. The lowest BCUT2D eigenvalue weighted by Crippen LogP contribution is -2.32. The van der Waals surface area contributed by atoms with Crippen molar-refractivity contribution < 1.29 is 28.0 Å². The topological polar surface area (TPSA) is 98.5 Å². The third-order valence-corrected chi connectivity index (χ3v) is 4.63. The molecule has 2 aromatic carbocycles. The van der Waals surface area contributed by atoms with Crippen LogP contribution in [0.25, 0.3) is 0 Å². The van der Waals surface area contributed by atoms with E-state index in [-0.39, 0.29) is 11.4 Å². The lowest BCUT2D eigenvalue weighted by molar-refractivity contribution is -0.384. The van der Waals surface area contributed by atoms with Crippen molar-refractivity contribution >= 4 is 35.0 Å². The van der Waals surface area contributed by atoms with Gasteiger partial charge in [-0.15, -0.1) is 11.8 Å². The van der Waals surface area contributed by atoms with Crippen LogP contribution in [0, 0.1) is 21.7 Å². The van der Waals surface area contributed by atoms with Crippen LogP contribution in [0.5, 0.6) is 0 Å². The van der Waals surface area contributed by atoms with E-state index in [1.807, 2.05) is 0 Å². The van der Waals surface area contributed by atoms with Gasteiger partial charge in [0.2, 0.25) is 0 Å². The summed E-state index contributed by atoms with van der Waals surface area (Å²) in [5.74, 6) is -3.53. The second-order valence-electron chi connectivity index (χ2n) is 5.71. The van der Waals surface area contributed by atoms with Gasteiger partial charge in [0.25, 0.3) is 11.6 Å². The summed E-state index contributed by atoms with van der Waals surface area (Å²) in [5, 5.41) is 12.3. The number of nitro benzene ring substituents is 1. The lowest BCUT2D eigenvalue weighted by atomic mass is 10.2. The third kappa shape index (κ3) is 5.74. The van der Waals surface area contributed by atoms with E-state index in [1.165, 1.54) is 37.3 Å². The zero-order valence-corrected chi connectivity index (χ0v) is 15.7. The molecule has 28 heavy (non-hydrogen) atoms. The number of hydrogen-bond acceptors (Lipinski definition) is 6. The molecule has 0 aliphatic heterocycles. The highest BCUT2D eigenvalue weighted by Crippen LogP contribution is 2.26. The van der Waals surface area contributed by atoms with Crippen LogP contribution in [0.4, 0.5) is 20.2 Å². The first-order valence-electron chi connectivity index (χ1n) is 8.05. The molecule has 0 fully saturated rings. The van der Waals surface area contributed by atoms with Gasteiger partial charge in [-0.25, -0.2) is 8.78 Å². The van der Waals surface area contributed by atoms with E-state index in [0.29, 0.717) is 4.90 Å². The van der Waals surface area contributed by atoms with Crippen LogP contribution in [0.1, 0.15) is 13.8 Å². The Morgan fingerprint density at radius 1 is 1.11 bits per heavy atom. The number of benzene rings is 2. The molecule has 0 spiro atoms. The summed E-state index contributed by atoms with van der Waals surface area (Å²) in [6.07, 6.45) is -1.17. The summed E-state index contributed by atoms with van der Waals surface area (Å²) in [4.78, 5) is 34.9. The number of thioether (sulfide) groups is 1. The van der Waals surface area contributed by atoms with Crippen molar-refractivity contribution in [3.05, 3.63) is 64.2 Å². The van der Waals surface area contributed by atoms with Crippen LogP contribution in [-0.2, 0) is 14.3 Å². The summed E-state index contributed by atoms with van der Waals surface area (Å²) < 4.78 is 31.2. The Kier molecular flexibility index (Phi) is 7.05. The number of ether oxygens (including phenoxy) is 1. The van der Waals surface area contributed by atoms with Crippen LogP contribution in [0.3, 0.4) is 0 Å². The minimum Gasteiger partial charge on any atom is -0.452 e. The van der Waals surface area contributed by atoms with Crippen molar-refractivity contribution in [1.29, 1.82) is 0 Å². The molecule has 0 aromatic heterocycles. The monoisotopic (exact) mass is 410 g/mol. The molecule has 148 valence electrons. The highest BCUT2D eigenvalue weighted by Gasteiger charge is 2.23. The van der Waals surface area contributed by atoms with E-state index >= 15 is 0 Å². The summed E-state index contributed by atoms with van der Waals surface area (Å²) in [6, 6.07) is 8.51. The number of amides is 1. The predicted molar refractivity (Wildman–Crippen MR) is 99.0 cm³/mol. The Morgan fingerprint density at radius 3 is 2.32 bits per heavy atom. The fourth-order valence-corrected chi connectivity index (χ4v) is 2.89. The van der Waals surface area contributed by atoms with E-state index in [4.69, 9.17) is 4.74 Å². The number of nitrogens with zero attached hydrogens (tertiary/aromatic N) is 1. The molecule has 1 amide bonds.